The van der Waals surface area contributed by atoms with Gasteiger partial charge in [0.25, 0.3) is 0 Å². The van der Waals surface area contributed by atoms with E-state index in [0.717, 1.165) is 12.1 Å². The summed E-state index contributed by atoms with van der Waals surface area (Å²) >= 11 is 0. The van der Waals surface area contributed by atoms with E-state index in [2.05, 4.69) is 5.32 Å². The molecule has 1 saturated heterocycles. The van der Waals surface area contributed by atoms with E-state index < -0.39 is 0 Å². The third-order valence-electron chi connectivity index (χ3n) is 4.65. The summed E-state index contributed by atoms with van der Waals surface area (Å²) in [5.74, 6) is 1.44. The van der Waals surface area contributed by atoms with Gasteiger partial charge in [0.15, 0.2) is 11.5 Å². The first kappa shape index (κ1) is 20.3. The Kier molecular flexibility index (Phi) is 6.39. The van der Waals surface area contributed by atoms with E-state index >= 15 is 0 Å². The van der Waals surface area contributed by atoms with E-state index in [1.165, 1.54) is 6.08 Å². The summed E-state index contributed by atoms with van der Waals surface area (Å²) in [7, 11) is 4.64. The Balaban J connectivity index is 1.74. The molecule has 0 aromatic heterocycles. The Hall–Kier alpha value is -3.48. The maximum atomic E-state index is 12.4. The lowest BCUT2D eigenvalue weighted by atomic mass is 10.1. The topological polar surface area (TPSA) is 77.1 Å². The number of anilines is 2. The minimum atomic E-state index is -0.299. The smallest absolute Gasteiger partial charge is 0.248 e. The number of ether oxygens (including phenoxy) is 3. The molecule has 3 rings (SSSR count). The maximum absolute atomic E-state index is 12.4. The molecule has 29 heavy (non-hydrogen) atoms. The van der Waals surface area contributed by atoms with Gasteiger partial charge in [0.1, 0.15) is 5.75 Å². The zero-order valence-electron chi connectivity index (χ0n) is 16.7. The molecule has 1 heterocycles. The molecule has 7 heteroatoms. The highest BCUT2D eigenvalue weighted by Gasteiger charge is 2.21. The van der Waals surface area contributed by atoms with Crippen LogP contribution in [-0.2, 0) is 9.59 Å². The van der Waals surface area contributed by atoms with Crippen LogP contribution in [0.3, 0.4) is 0 Å². The molecule has 0 saturated carbocycles. The highest BCUT2D eigenvalue weighted by molar-refractivity contribution is 6.03. The molecule has 0 unspecified atom stereocenters. The molecule has 0 radical (unpaired) electrons. The lowest BCUT2D eigenvalue weighted by Crippen LogP contribution is -2.23. The predicted molar refractivity (Wildman–Crippen MR) is 112 cm³/mol. The normalized spacial score (nSPS) is 13.6. The number of nitrogens with one attached hydrogen (secondary N) is 1. The minimum Gasteiger partial charge on any atom is -0.496 e. The summed E-state index contributed by atoms with van der Waals surface area (Å²) in [6.45, 7) is 0.704. The molecule has 2 aromatic rings. The van der Waals surface area contributed by atoms with Crippen molar-refractivity contribution < 1.29 is 23.8 Å². The quantitative estimate of drug-likeness (QED) is 0.725. The second-order valence-corrected chi connectivity index (χ2v) is 6.47. The average molecular weight is 396 g/mol. The molecule has 0 bridgehead atoms. The zero-order valence-corrected chi connectivity index (χ0v) is 16.7. The lowest BCUT2D eigenvalue weighted by Gasteiger charge is -2.16. The van der Waals surface area contributed by atoms with Crippen LogP contribution in [0.4, 0.5) is 11.4 Å². The van der Waals surface area contributed by atoms with Crippen LogP contribution in [0.1, 0.15) is 18.4 Å². The van der Waals surface area contributed by atoms with Gasteiger partial charge in [-0.05, 0) is 36.8 Å². The lowest BCUT2D eigenvalue weighted by molar-refractivity contribution is -0.117. The van der Waals surface area contributed by atoms with E-state index in [9.17, 15) is 9.59 Å². The van der Waals surface area contributed by atoms with Crippen molar-refractivity contribution in [3.63, 3.8) is 0 Å². The van der Waals surface area contributed by atoms with Crippen LogP contribution in [0.15, 0.2) is 42.5 Å². The van der Waals surface area contributed by atoms with Crippen LogP contribution in [-0.4, -0.2) is 39.7 Å². The van der Waals surface area contributed by atoms with Gasteiger partial charge in [0.2, 0.25) is 11.8 Å². The van der Waals surface area contributed by atoms with Gasteiger partial charge < -0.3 is 24.4 Å². The molecule has 2 aromatic carbocycles. The van der Waals surface area contributed by atoms with Gasteiger partial charge in [-0.3, -0.25) is 9.59 Å². The van der Waals surface area contributed by atoms with Gasteiger partial charge in [0.05, 0.1) is 21.3 Å². The van der Waals surface area contributed by atoms with Gasteiger partial charge in [-0.25, -0.2) is 0 Å². The Labute approximate surface area is 169 Å². The third-order valence-corrected chi connectivity index (χ3v) is 4.65. The fourth-order valence-electron chi connectivity index (χ4n) is 3.21. The Morgan fingerprint density at radius 3 is 2.41 bits per heavy atom. The van der Waals surface area contributed by atoms with Crippen LogP contribution >= 0.6 is 0 Å². The monoisotopic (exact) mass is 396 g/mol. The van der Waals surface area contributed by atoms with Crippen LogP contribution in [0.25, 0.3) is 6.08 Å². The first-order valence-electron chi connectivity index (χ1n) is 9.25. The van der Waals surface area contributed by atoms with Gasteiger partial charge in [-0.1, -0.05) is 6.07 Å². The van der Waals surface area contributed by atoms with Crippen LogP contribution in [0.2, 0.25) is 0 Å². The molecule has 2 amide bonds. The number of hydrogen-bond acceptors (Lipinski definition) is 5. The van der Waals surface area contributed by atoms with E-state index in [-0.39, 0.29) is 11.8 Å². The number of carbonyl (C=O) groups is 2. The molecule has 1 aliphatic heterocycles. The molecule has 0 atom stereocenters. The largest absolute Gasteiger partial charge is 0.496 e. The number of carbonyl (C=O) groups excluding carboxylic acids is 2. The van der Waals surface area contributed by atoms with Gasteiger partial charge in [-0.15, -0.1) is 0 Å². The van der Waals surface area contributed by atoms with Crippen LogP contribution < -0.4 is 24.4 Å². The molecule has 7 nitrogen and oxygen atoms in total. The Morgan fingerprint density at radius 2 is 1.76 bits per heavy atom. The van der Waals surface area contributed by atoms with E-state index in [1.54, 1.807) is 56.6 Å². The molecule has 1 N–H and O–H groups in total. The molecule has 1 fully saturated rings. The average Bonchev–Trinajstić information content (AvgIpc) is 3.17. The van der Waals surface area contributed by atoms with Gasteiger partial charge in [-0.2, -0.15) is 0 Å². The minimum absolute atomic E-state index is 0.105. The van der Waals surface area contributed by atoms with Crippen molar-refractivity contribution in [2.24, 2.45) is 0 Å². The first-order valence-corrected chi connectivity index (χ1v) is 9.25. The van der Waals surface area contributed by atoms with Gasteiger partial charge >= 0.3 is 0 Å². The highest BCUT2D eigenvalue weighted by atomic mass is 16.5. The van der Waals surface area contributed by atoms with Crippen molar-refractivity contribution in [3.05, 3.63) is 48.0 Å². The second kappa shape index (κ2) is 9.14. The Morgan fingerprint density at radius 1 is 1.03 bits per heavy atom. The van der Waals surface area contributed by atoms with Crippen LogP contribution in [0, 0.1) is 0 Å². The molecular formula is C22H24N2O5. The van der Waals surface area contributed by atoms with Crippen molar-refractivity contribution in [3.8, 4) is 17.2 Å². The summed E-state index contributed by atoms with van der Waals surface area (Å²) < 4.78 is 15.9. The van der Waals surface area contributed by atoms with E-state index in [0.29, 0.717) is 41.5 Å². The molecule has 0 aliphatic carbocycles. The summed E-state index contributed by atoms with van der Waals surface area (Å²) in [6, 6.07) is 10.7. The third kappa shape index (κ3) is 4.68. The van der Waals surface area contributed by atoms with Crippen molar-refractivity contribution in [1.29, 1.82) is 0 Å². The fourth-order valence-corrected chi connectivity index (χ4v) is 3.21. The number of methoxy groups -OCH3 is 3. The molecule has 1 aliphatic rings. The number of rotatable bonds is 7. The number of nitrogens with zero attached hydrogens (tertiary/aromatic N) is 1. The SMILES string of the molecule is COc1cc(OC)c(OC)cc1/C=C/C(=O)Nc1cccc(N2CCCC2=O)c1. The van der Waals surface area contributed by atoms with E-state index in [4.69, 9.17) is 14.2 Å². The van der Waals surface area contributed by atoms with Crippen molar-refractivity contribution in [2.75, 3.05) is 38.1 Å². The summed E-state index contributed by atoms with van der Waals surface area (Å²) in [5.41, 5.74) is 2.09. The summed E-state index contributed by atoms with van der Waals surface area (Å²) in [6.07, 6.45) is 4.47. The van der Waals surface area contributed by atoms with Crippen molar-refractivity contribution in [2.45, 2.75) is 12.8 Å². The summed E-state index contributed by atoms with van der Waals surface area (Å²) in [5, 5.41) is 2.82. The fraction of sp³-hybridized carbons (Fsp3) is 0.273. The predicted octanol–water partition coefficient (Wildman–Crippen LogP) is 3.49. The number of amides is 2. The van der Waals surface area contributed by atoms with Crippen molar-refractivity contribution >= 4 is 29.3 Å². The first-order chi connectivity index (χ1) is 14.0. The number of benzene rings is 2. The van der Waals surface area contributed by atoms with Crippen LogP contribution in [0.5, 0.6) is 17.2 Å². The summed E-state index contributed by atoms with van der Waals surface area (Å²) in [4.78, 5) is 26.0. The van der Waals surface area contributed by atoms with Crippen molar-refractivity contribution in [1.82, 2.24) is 0 Å². The highest BCUT2D eigenvalue weighted by Crippen LogP contribution is 2.35. The maximum Gasteiger partial charge on any atom is 0.248 e. The molecular weight excluding hydrogens is 372 g/mol. The van der Waals surface area contributed by atoms with E-state index in [1.807, 2.05) is 12.1 Å². The van der Waals surface area contributed by atoms with Gasteiger partial charge in [0, 0.05) is 42.0 Å². The standard InChI is InChI=1S/C22H24N2O5/c1-27-18-14-20(29-3)19(28-2)12-15(18)9-10-21(25)23-16-6-4-7-17(13-16)24-11-5-8-22(24)26/h4,6-7,9-10,12-14H,5,8,11H2,1-3H3,(H,23,25)/b10-9+. The Bertz CT molecular complexity index is 939. The second-order valence-electron chi connectivity index (χ2n) is 6.47. The number of hydrogen-bond donors (Lipinski definition) is 1. The molecule has 0 spiro atoms. The molecule has 152 valence electrons. The zero-order chi connectivity index (χ0) is 20.8.